The molecule has 0 saturated heterocycles. The van der Waals surface area contributed by atoms with Crippen LogP contribution in [0.5, 0.6) is 0 Å². The zero-order chi connectivity index (χ0) is 14.8. The van der Waals surface area contributed by atoms with Crippen LogP contribution in [0.15, 0.2) is 30.3 Å². The Hall–Kier alpha value is -1.40. The molecular weight excluding hydrogens is 285 g/mol. The minimum atomic E-state index is -4.33. The number of nitrogens with one attached hydrogen (secondary N) is 1. The molecule has 20 heavy (non-hydrogen) atoms. The van der Waals surface area contributed by atoms with Gasteiger partial charge in [0.25, 0.3) is 0 Å². The topological polar surface area (TPSA) is 24.9 Å². The van der Waals surface area contributed by atoms with Crippen LogP contribution in [-0.4, -0.2) is 10.4 Å². The van der Waals surface area contributed by atoms with Crippen LogP contribution in [0, 0.1) is 0 Å². The molecule has 0 aliphatic carbocycles. The number of aromatic nitrogens is 1. The molecule has 0 fully saturated rings. The first-order chi connectivity index (χ1) is 9.36. The second-order valence-electron chi connectivity index (χ2n) is 4.79. The summed E-state index contributed by atoms with van der Waals surface area (Å²) in [5.74, 6) is 0. The van der Waals surface area contributed by atoms with Crippen molar-refractivity contribution in [2.75, 3.05) is 0 Å². The van der Waals surface area contributed by atoms with Gasteiger partial charge >= 0.3 is 6.18 Å². The van der Waals surface area contributed by atoms with Crippen molar-refractivity contribution in [2.24, 2.45) is 0 Å². The van der Waals surface area contributed by atoms with Gasteiger partial charge in [0.05, 0.1) is 11.3 Å². The normalized spacial score (nSPS) is 12.1. The van der Waals surface area contributed by atoms with Gasteiger partial charge in [0.2, 0.25) is 0 Å². The van der Waals surface area contributed by atoms with Gasteiger partial charge in [-0.2, -0.15) is 17.5 Å². The van der Waals surface area contributed by atoms with Gasteiger partial charge in [0, 0.05) is 23.0 Å². The van der Waals surface area contributed by atoms with E-state index in [0.717, 1.165) is 17.0 Å². The maximum Gasteiger partial charge on any atom is 0.416 e. The van der Waals surface area contributed by atoms with Crippen LogP contribution in [0.25, 0.3) is 11.3 Å². The standard InChI is InChI=1S/C14H15F3N2S/c1-9(2)18-8-12-7-13(19-20-12)10-4-3-5-11(6-10)14(15,16)17/h3-7,9,18H,8H2,1-2H3. The van der Waals surface area contributed by atoms with Gasteiger partial charge in [0.15, 0.2) is 0 Å². The van der Waals surface area contributed by atoms with E-state index in [9.17, 15) is 13.2 Å². The van der Waals surface area contributed by atoms with Crippen molar-refractivity contribution in [3.05, 3.63) is 40.8 Å². The highest BCUT2D eigenvalue weighted by atomic mass is 32.1. The Morgan fingerprint density at radius 2 is 2.00 bits per heavy atom. The lowest BCUT2D eigenvalue weighted by Crippen LogP contribution is -2.21. The molecule has 0 unspecified atom stereocenters. The first kappa shape index (κ1) is 15.0. The lowest BCUT2D eigenvalue weighted by Gasteiger charge is -2.07. The molecule has 1 heterocycles. The molecule has 2 nitrogen and oxygen atoms in total. The molecular formula is C14H15F3N2S. The van der Waals surface area contributed by atoms with Gasteiger partial charge in [0.1, 0.15) is 0 Å². The second-order valence-corrected chi connectivity index (χ2v) is 5.68. The van der Waals surface area contributed by atoms with E-state index in [-0.39, 0.29) is 0 Å². The number of alkyl halides is 3. The molecule has 0 radical (unpaired) electrons. The highest BCUT2D eigenvalue weighted by molar-refractivity contribution is 7.06. The van der Waals surface area contributed by atoms with E-state index in [1.165, 1.54) is 17.6 Å². The lowest BCUT2D eigenvalue weighted by atomic mass is 10.1. The first-order valence-electron chi connectivity index (χ1n) is 6.23. The fourth-order valence-electron chi connectivity index (χ4n) is 1.69. The van der Waals surface area contributed by atoms with Crippen molar-refractivity contribution in [3.8, 4) is 11.3 Å². The molecule has 108 valence electrons. The van der Waals surface area contributed by atoms with E-state index in [1.54, 1.807) is 6.07 Å². The van der Waals surface area contributed by atoms with E-state index >= 15 is 0 Å². The van der Waals surface area contributed by atoms with Crippen molar-refractivity contribution in [3.63, 3.8) is 0 Å². The van der Waals surface area contributed by atoms with Crippen molar-refractivity contribution >= 4 is 11.5 Å². The zero-order valence-electron chi connectivity index (χ0n) is 11.2. The summed E-state index contributed by atoms with van der Waals surface area (Å²) in [6.07, 6.45) is -4.33. The summed E-state index contributed by atoms with van der Waals surface area (Å²) < 4.78 is 42.2. The summed E-state index contributed by atoms with van der Waals surface area (Å²) in [4.78, 5) is 1.01. The van der Waals surface area contributed by atoms with E-state index in [0.29, 0.717) is 23.8 Å². The first-order valence-corrected chi connectivity index (χ1v) is 7.00. The maximum atomic E-state index is 12.7. The quantitative estimate of drug-likeness (QED) is 0.909. The smallest absolute Gasteiger partial charge is 0.310 e. The Kier molecular flexibility index (Phi) is 4.45. The van der Waals surface area contributed by atoms with Crippen LogP contribution in [0.4, 0.5) is 13.2 Å². The Labute approximate surface area is 119 Å². The molecule has 1 N–H and O–H groups in total. The Balaban J connectivity index is 2.20. The highest BCUT2D eigenvalue weighted by Gasteiger charge is 2.30. The average Bonchev–Trinajstić information content (AvgIpc) is 2.84. The van der Waals surface area contributed by atoms with Crippen LogP contribution >= 0.6 is 11.5 Å². The van der Waals surface area contributed by atoms with Gasteiger partial charge in [-0.3, -0.25) is 0 Å². The number of hydrogen-bond donors (Lipinski definition) is 1. The molecule has 0 spiro atoms. The predicted molar refractivity (Wildman–Crippen MR) is 74.5 cm³/mol. The molecule has 1 aromatic heterocycles. The number of halogens is 3. The third kappa shape index (κ3) is 3.80. The Morgan fingerprint density at radius 3 is 2.65 bits per heavy atom. The van der Waals surface area contributed by atoms with E-state index < -0.39 is 11.7 Å². The van der Waals surface area contributed by atoms with E-state index in [2.05, 4.69) is 9.69 Å². The molecule has 0 aliphatic rings. The molecule has 0 atom stereocenters. The van der Waals surface area contributed by atoms with Crippen molar-refractivity contribution < 1.29 is 13.2 Å². The molecule has 0 bridgehead atoms. The van der Waals surface area contributed by atoms with Gasteiger partial charge in [-0.15, -0.1) is 0 Å². The molecule has 0 aliphatic heterocycles. The summed E-state index contributed by atoms with van der Waals surface area (Å²) in [6.45, 7) is 4.75. The van der Waals surface area contributed by atoms with Gasteiger partial charge in [-0.25, -0.2) is 0 Å². The average molecular weight is 300 g/mol. The van der Waals surface area contributed by atoms with Crippen molar-refractivity contribution in [1.82, 2.24) is 9.69 Å². The summed E-state index contributed by atoms with van der Waals surface area (Å²) >= 11 is 1.31. The molecule has 0 amide bonds. The maximum absolute atomic E-state index is 12.7. The summed E-state index contributed by atoms with van der Waals surface area (Å²) in [5.41, 5.74) is 0.429. The van der Waals surface area contributed by atoms with Crippen molar-refractivity contribution in [2.45, 2.75) is 32.6 Å². The fraction of sp³-hybridized carbons (Fsp3) is 0.357. The van der Waals surface area contributed by atoms with Crippen LogP contribution in [-0.2, 0) is 12.7 Å². The summed E-state index contributed by atoms with van der Waals surface area (Å²) in [7, 11) is 0. The molecule has 0 saturated carbocycles. The number of nitrogens with zero attached hydrogens (tertiary/aromatic N) is 1. The predicted octanol–water partition coefficient (Wildman–Crippen LogP) is 4.33. The molecule has 2 rings (SSSR count). The minimum Gasteiger partial charge on any atom is -0.310 e. The number of benzene rings is 1. The van der Waals surface area contributed by atoms with Crippen LogP contribution in [0.3, 0.4) is 0 Å². The molecule has 2 aromatic rings. The SMILES string of the molecule is CC(C)NCc1cc(-c2cccc(C(F)(F)F)c2)ns1. The van der Waals surface area contributed by atoms with E-state index in [4.69, 9.17) is 0 Å². The van der Waals surface area contributed by atoms with Crippen LogP contribution in [0.2, 0.25) is 0 Å². The third-order valence-corrected chi connectivity index (χ3v) is 3.51. The third-order valence-electron chi connectivity index (χ3n) is 2.73. The summed E-state index contributed by atoms with van der Waals surface area (Å²) in [5, 5.41) is 3.25. The lowest BCUT2D eigenvalue weighted by molar-refractivity contribution is -0.137. The Bertz CT molecular complexity index is 576. The Morgan fingerprint density at radius 1 is 1.25 bits per heavy atom. The minimum absolute atomic E-state index is 0.356. The zero-order valence-corrected chi connectivity index (χ0v) is 12.0. The number of rotatable bonds is 4. The molecule has 1 aromatic carbocycles. The monoisotopic (exact) mass is 300 g/mol. The van der Waals surface area contributed by atoms with E-state index in [1.807, 2.05) is 19.9 Å². The van der Waals surface area contributed by atoms with Gasteiger partial charge < -0.3 is 5.32 Å². The van der Waals surface area contributed by atoms with Gasteiger partial charge in [-0.05, 0) is 29.7 Å². The van der Waals surface area contributed by atoms with Crippen molar-refractivity contribution in [1.29, 1.82) is 0 Å². The second kappa shape index (κ2) is 5.93. The number of hydrogen-bond acceptors (Lipinski definition) is 3. The molecule has 6 heteroatoms. The van der Waals surface area contributed by atoms with Gasteiger partial charge in [-0.1, -0.05) is 26.0 Å². The van der Waals surface area contributed by atoms with Crippen LogP contribution in [0.1, 0.15) is 24.3 Å². The summed E-state index contributed by atoms with van der Waals surface area (Å²) in [6, 6.07) is 7.43. The largest absolute Gasteiger partial charge is 0.416 e. The highest BCUT2D eigenvalue weighted by Crippen LogP contribution is 2.32. The van der Waals surface area contributed by atoms with Crippen LogP contribution < -0.4 is 5.32 Å². The fourth-order valence-corrected chi connectivity index (χ4v) is 2.38.